The number of carboxylic acid groups (broad SMARTS) is 1. The van der Waals surface area contributed by atoms with Crippen molar-refractivity contribution in [3.63, 3.8) is 0 Å². The molecule has 0 saturated carbocycles. The Labute approximate surface area is 94.3 Å². The molecule has 0 aliphatic carbocycles. The van der Waals surface area contributed by atoms with Crippen molar-refractivity contribution in [3.05, 3.63) is 35.9 Å². The maximum absolute atomic E-state index is 11.9. The Morgan fingerprint density at radius 3 is 2.44 bits per heavy atom. The summed E-state index contributed by atoms with van der Waals surface area (Å²) in [4.78, 5) is 22.5. The molecule has 86 valence electrons. The Balaban J connectivity index is 2.78. The van der Waals surface area contributed by atoms with E-state index in [0.717, 1.165) is 6.42 Å². The summed E-state index contributed by atoms with van der Waals surface area (Å²) in [6, 6.07) is 8.07. The number of hydrogen-bond donors (Lipinski definition) is 2. The van der Waals surface area contributed by atoms with Gasteiger partial charge in [0.25, 0.3) is 0 Å². The van der Waals surface area contributed by atoms with Crippen LogP contribution >= 0.6 is 0 Å². The van der Waals surface area contributed by atoms with Crippen molar-refractivity contribution in [2.45, 2.75) is 25.8 Å². The summed E-state index contributed by atoms with van der Waals surface area (Å²) in [7, 11) is 0. The van der Waals surface area contributed by atoms with Crippen LogP contribution in [-0.2, 0) is 0 Å². The van der Waals surface area contributed by atoms with Gasteiger partial charge < -0.3 is 10.4 Å². The highest BCUT2D eigenvalue weighted by atomic mass is 16.4. The summed E-state index contributed by atoms with van der Waals surface area (Å²) in [6.07, 6.45) is 0.103. The van der Waals surface area contributed by atoms with Gasteiger partial charge in [0, 0.05) is 5.56 Å². The van der Waals surface area contributed by atoms with Crippen LogP contribution in [0.3, 0.4) is 0 Å². The molecule has 0 bridgehead atoms. The predicted octanol–water partition coefficient (Wildman–Crippen LogP) is 2.31. The predicted molar refractivity (Wildman–Crippen MR) is 60.6 cm³/mol. The lowest BCUT2D eigenvalue weighted by Crippen LogP contribution is -2.39. The number of rotatable bonds is 5. The first-order valence-electron chi connectivity index (χ1n) is 5.24. The summed E-state index contributed by atoms with van der Waals surface area (Å²) in [5.41, 5.74) is 0.537. The van der Waals surface area contributed by atoms with Crippen molar-refractivity contribution in [2.24, 2.45) is 0 Å². The third kappa shape index (κ3) is 3.38. The Kier molecular flexibility index (Phi) is 4.51. The number of carbonyl (C=O) groups is 2. The van der Waals surface area contributed by atoms with E-state index in [1.807, 2.05) is 13.0 Å². The van der Waals surface area contributed by atoms with Gasteiger partial charge in [-0.2, -0.15) is 0 Å². The van der Waals surface area contributed by atoms with E-state index in [0.29, 0.717) is 12.0 Å². The minimum Gasteiger partial charge on any atom is -0.465 e. The van der Waals surface area contributed by atoms with Crippen LogP contribution in [0.5, 0.6) is 0 Å². The van der Waals surface area contributed by atoms with Crippen molar-refractivity contribution < 1.29 is 14.7 Å². The fraction of sp³-hybridized carbons (Fsp3) is 0.333. The Hall–Kier alpha value is -1.84. The fourth-order valence-electron chi connectivity index (χ4n) is 1.51. The molecule has 0 heterocycles. The smallest absolute Gasteiger partial charge is 0.405 e. The molecule has 4 heteroatoms. The van der Waals surface area contributed by atoms with Gasteiger partial charge in [0.15, 0.2) is 5.78 Å². The van der Waals surface area contributed by atoms with Gasteiger partial charge in [-0.25, -0.2) is 4.79 Å². The van der Waals surface area contributed by atoms with Crippen LogP contribution in [0.2, 0.25) is 0 Å². The van der Waals surface area contributed by atoms with Gasteiger partial charge in [-0.3, -0.25) is 4.79 Å². The molecule has 2 N–H and O–H groups in total. The van der Waals surface area contributed by atoms with Crippen LogP contribution in [0.25, 0.3) is 0 Å². The largest absolute Gasteiger partial charge is 0.465 e. The van der Waals surface area contributed by atoms with Crippen molar-refractivity contribution in [1.29, 1.82) is 0 Å². The third-order valence-corrected chi connectivity index (χ3v) is 2.25. The van der Waals surface area contributed by atoms with Crippen LogP contribution in [0, 0.1) is 0 Å². The number of Topliss-reactive ketones (excluding diaryl/α,β-unsaturated/α-hetero) is 1. The average molecular weight is 221 g/mol. The summed E-state index contributed by atoms with van der Waals surface area (Å²) in [6.45, 7) is 1.91. The molecular formula is C12H15NO3. The quantitative estimate of drug-likeness (QED) is 0.750. The van der Waals surface area contributed by atoms with Crippen molar-refractivity contribution in [3.8, 4) is 0 Å². The second kappa shape index (κ2) is 5.90. The van der Waals surface area contributed by atoms with E-state index in [-0.39, 0.29) is 5.78 Å². The van der Waals surface area contributed by atoms with Gasteiger partial charge in [0.05, 0.1) is 6.04 Å². The highest BCUT2D eigenvalue weighted by molar-refractivity contribution is 6.01. The number of amides is 1. The van der Waals surface area contributed by atoms with Crippen molar-refractivity contribution >= 4 is 11.9 Å². The zero-order valence-corrected chi connectivity index (χ0v) is 9.14. The van der Waals surface area contributed by atoms with Crippen molar-refractivity contribution in [1.82, 2.24) is 5.32 Å². The molecule has 16 heavy (non-hydrogen) atoms. The number of benzene rings is 1. The second-order valence-electron chi connectivity index (χ2n) is 3.52. The molecule has 0 saturated heterocycles. The van der Waals surface area contributed by atoms with Gasteiger partial charge in [-0.1, -0.05) is 43.7 Å². The van der Waals surface area contributed by atoms with Crippen molar-refractivity contribution in [2.75, 3.05) is 0 Å². The van der Waals surface area contributed by atoms with Crippen LogP contribution in [0.15, 0.2) is 30.3 Å². The van der Waals surface area contributed by atoms with E-state index < -0.39 is 12.1 Å². The molecule has 0 aromatic heterocycles. The monoisotopic (exact) mass is 221 g/mol. The number of nitrogens with one attached hydrogen (secondary N) is 1. The average Bonchev–Trinajstić information content (AvgIpc) is 2.28. The molecule has 0 fully saturated rings. The summed E-state index contributed by atoms with van der Waals surface area (Å²) >= 11 is 0. The normalized spacial score (nSPS) is 11.8. The summed E-state index contributed by atoms with van der Waals surface area (Å²) in [5, 5.41) is 10.9. The zero-order valence-electron chi connectivity index (χ0n) is 9.14. The molecule has 1 aromatic rings. The number of carbonyl (C=O) groups excluding carboxylic acids is 1. The highest BCUT2D eigenvalue weighted by Gasteiger charge is 2.20. The van der Waals surface area contributed by atoms with E-state index >= 15 is 0 Å². The first-order valence-corrected chi connectivity index (χ1v) is 5.24. The van der Waals surface area contributed by atoms with E-state index in [9.17, 15) is 9.59 Å². The second-order valence-corrected chi connectivity index (χ2v) is 3.52. The van der Waals surface area contributed by atoms with E-state index in [1.165, 1.54) is 0 Å². The molecule has 1 aromatic carbocycles. The van der Waals surface area contributed by atoms with E-state index in [1.54, 1.807) is 24.3 Å². The molecule has 4 nitrogen and oxygen atoms in total. The van der Waals surface area contributed by atoms with Crippen LogP contribution < -0.4 is 5.32 Å². The first-order chi connectivity index (χ1) is 7.65. The van der Waals surface area contributed by atoms with Gasteiger partial charge in [-0.15, -0.1) is 0 Å². The van der Waals surface area contributed by atoms with Gasteiger partial charge in [-0.05, 0) is 6.42 Å². The van der Waals surface area contributed by atoms with E-state index in [4.69, 9.17) is 5.11 Å². The molecule has 0 aliphatic heterocycles. The Morgan fingerprint density at radius 1 is 1.31 bits per heavy atom. The van der Waals surface area contributed by atoms with Gasteiger partial charge in [0.1, 0.15) is 0 Å². The lowest BCUT2D eigenvalue weighted by molar-refractivity contribution is 0.0931. The van der Waals surface area contributed by atoms with E-state index in [2.05, 4.69) is 5.32 Å². The molecule has 1 unspecified atom stereocenters. The molecule has 0 aliphatic rings. The minimum absolute atomic E-state index is 0.176. The third-order valence-electron chi connectivity index (χ3n) is 2.25. The topological polar surface area (TPSA) is 66.4 Å². The molecule has 1 atom stereocenters. The number of hydrogen-bond acceptors (Lipinski definition) is 2. The highest BCUT2D eigenvalue weighted by Crippen LogP contribution is 2.07. The fourth-order valence-corrected chi connectivity index (χ4v) is 1.51. The maximum Gasteiger partial charge on any atom is 0.405 e. The molecule has 0 radical (unpaired) electrons. The first kappa shape index (κ1) is 12.2. The SMILES string of the molecule is CCCC(NC(=O)O)C(=O)c1ccccc1. The maximum atomic E-state index is 11.9. The lowest BCUT2D eigenvalue weighted by atomic mass is 10.0. The van der Waals surface area contributed by atoms with Gasteiger partial charge in [0.2, 0.25) is 0 Å². The van der Waals surface area contributed by atoms with Crippen LogP contribution in [0.1, 0.15) is 30.1 Å². The van der Waals surface area contributed by atoms with Gasteiger partial charge >= 0.3 is 6.09 Å². The Bertz CT molecular complexity index is 362. The summed E-state index contributed by atoms with van der Waals surface area (Å²) in [5.74, 6) is -0.176. The standard InChI is InChI=1S/C12H15NO3/c1-2-6-10(13-12(15)16)11(14)9-7-4-3-5-8-9/h3-5,7-8,10,13H,2,6H2,1H3,(H,15,16). The number of ketones is 1. The van der Waals surface area contributed by atoms with Crippen LogP contribution in [-0.4, -0.2) is 23.0 Å². The zero-order chi connectivity index (χ0) is 12.0. The molecular weight excluding hydrogens is 206 g/mol. The molecule has 1 amide bonds. The minimum atomic E-state index is -1.16. The Morgan fingerprint density at radius 2 is 1.94 bits per heavy atom. The summed E-state index contributed by atoms with van der Waals surface area (Å²) < 4.78 is 0. The lowest BCUT2D eigenvalue weighted by Gasteiger charge is -2.14. The van der Waals surface area contributed by atoms with Crippen LogP contribution in [0.4, 0.5) is 4.79 Å². The molecule has 1 rings (SSSR count). The molecule has 0 spiro atoms.